The van der Waals surface area contributed by atoms with Gasteiger partial charge in [-0.25, -0.2) is 0 Å². The van der Waals surface area contributed by atoms with Gasteiger partial charge < -0.3 is 15.0 Å². The first-order chi connectivity index (χ1) is 9.42. The van der Waals surface area contributed by atoms with Crippen molar-refractivity contribution >= 4 is 5.91 Å². The second-order valence-electron chi connectivity index (χ2n) is 5.00. The van der Waals surface area contributed by atoms with E-state index in [4.69, 9.17) is 4.74 Å². The van der Waals surface area contributed by atoms with E-state index in [1.807, 2.05) is 27.7 Å². The Balaban J connectivity index is 2.73. The van der Waals surface area contributed by atoms with Gasteiger partial charge in [-0.2, -0.15) is 0 Å². The van der Waals surface area contributed by atoms with E-state index in [9.17, 15) is 4.79 Å². The normalized spacial score (nSPS) is 12.1. The van der Waals surface area contributed by atoms with Crippen LogP contribution in [0, 0.1) is 13.8 Å². The highest BCUT2D eigenvalue weighted by molar-refractivity contribution is 5.81. The molecule has 112 valence electrons. The lowest BCUT2D eigenvalue weighted by Crippen LogP contribution is -2.42. The van der Waals surface area contributed by atoms with Crippen LogP contribution in [0.5, 0.6) is 5.75 Å². The molecule has 0 saturated heterocycles. The number of ether oxygens (including phenoxy) is 1. The molecule has 1 atom stereocenters. The van der Waals surface area contributed by atoms with Crippen molar-refractivity contribution in [1.29, 1.82) is 0 Å². The molecule has 0 aromatic carbocycles. The Labute approximate surface area is 121 Å². The molecule has 0 saturated carbocycles. The van der Waals surface area contributed by atoms with Gasteiger partial charge in [0.25, 0.3) is 0 Å². The van der Waals surface area contributed by atoms with Gasteiger partial charge in [0.1, 0.15) is 5.75 Å². The monoisotopic (exact) mass is 279 g/mol. The van der Waals surface area contributed by atoms with Gasteiger partial charge >= 0.3 is 0 Å². The third kappa shape index (κ3) is 3.70. The lowest BCUT2D eigenvalue weighted by molar-refractivity contribution is -0.131. The van der Waals surface area contributed by atoms with Crippen molar-refractivity contribution in [2.24, 2.45) is 0 Å². The predicted octanol–water partition coefficient (Wildman–Crippen LogP) is 1.66. The van der Waals surface area contributed by atoms with E-state index in [-0.39, 0.29) is 11.9 Å². The Morgan fingerprint density at radius 3 is 2.70 bits per heavy atom. The van der Waals surface area contributed by atoms with E-state index in [1.54, 1.807) is 25.3 Å². The first kappa shape index (κ1) is 16.4. The Kier molecular flexibility index (Phi) is 5.95. The topological polar surface area (TPSA) is 54.5 Å². The summed E-state index contributed by atoms with van der Waals surface area (Å²) in [6.07, 6.45) is 1.80. The molecule has 1 unspecified atom stereocenters. The van der Waals surface area contributed by atoms with Crippen LogP contribution in [0.4, 0.5) is 0 Å². The highest BCUT2D eigenvalue weighted by atomic mass is 16.5. The van der Waals surface area contributed by atoms with Gasteiger partial charge in [0.15, 0.2) is 0 Å². The van der Waals surface area contributed by atoms with Crippen LogP contribution in [0.15, 0.2) is 6.20 Å². The zero-order chi connectivity index (χ0) is 15.3. The van der Waals surface area contributed by atoms with Crippen LogP contribution in [0.25, 0.3) is 0 Å². The number of aryl methyl sites for hydroxylation is 1. The van der Waals surface area contributed by atoms with Crippen molar-refractivity contribution in [3.05, 3.63) is 23.0 Å². The number of rotatable bonds is 6. The molecule has 0 aliphatic carbocycles. The zero-order valence-corrected chi connectivity index (χ0v) is 13.3. The number of hydrogen-bond acceptors (Lipinski definition) is 4. The number of carbonyl (C=O) groups excluding carboxylic acids is 1. The largest absolute Gasteiger partial charge is 0.496 e. The van der Waals surface area contributed by atoms with Crippen molar-refractivity contribution in [2.75, 3.05) is 20.7 Å². The van der Waals surface area contributed by atoms with Gasteiger partial charge in [-0.3, -0.25) is 9.78 Å². The fourth-order valence-corrected chi connectivity index (χ4v) is 2.07. The molecule has 20 heavy (non-hydrogen) atoms. The lowest BCUT2D eigenvalue weighted by atomic mass is 10.1. The number of methoxy groups -OCH3 is 1. The number of pyridine rings is 1. The maximum atomic E-state index is 12.0. The molecule has 1 N–H and O–H groups in total. The van der Waals surface area contributed by atoms with E-state index in [1.165, 1.54) is 0 Å². The number of aromatic nitrogens is 1. The number of carbonyl (C=O) groups is 1. The first-order valence-corrected chi connectivity index (χ1v) is 6.89. The number of likely N-dealkylation sites (N-methyl/N-ethyl adjacent to an activating group) is 1. The minimum atomic E-state index is -0.228. The third-order valence-electron chi connectivity index (χ3n) is 3.55. The summed E-state index contributed by atoms with van der Waals surface area (Å²) in [5, 5.41) is 3.22. The van der Waals surface area contributed by atoms with Crippen molar-refractivity contribution in [2.45, 2.75) is 40.3 Å². The van der Waals surface area contributed by atoms with Gasteiger partial charge in [0.05, 0.1) is 18.8 Å². The minimum Gasteiger partial charge on any atom is -0.496 e. The molecule has 5 nitrogen and oxygen atoms in total. The van der Waals surface area contributed by atoms with Crippen molar-refractivity contribution in [3.63, 3.8) is 0 Å². The van der Waals surface area contributed by atoms with Crippen LogP contribution in [-0.2, 0) is 11.3 Å². The molecule has 1 rings (SSSR count). The number of amides is 1. The summed E-state index contributed by atoms with van der Waals surface area (Å²) >= 11 is 0. The lowest BCUT2D eigenvalue weighted by Gasteiger charge is -2.21. The van der Waals surface area contributed by atoms with E-state index in [0.29, 0.717) is 13.1 Å². The molecule has 1 heterocycles. The van der Waals surface area contributed by atoms with Gasteiger partial charge in [-0.1, -0.05) is 0 Å². The van der Waals surface area contributed by atoms with Crippen LogP contribution < -0.4 is 10.1 Å². The van der Waals surface area contributed by atoms with Crippen molar-refractivity contribution in [3.8, 4) is 5.75 Å². The number of nitrogens with one attached hydrogen (secondary N) is 1. The molecule has 0 fully saturated rings. The van der Waals surface area contributed by atoms with Gasteiger partial charge in [-0.15, -0.1) is 0 Å². The fraction of sp³-hybridized carbons (Fsp3) is 0.600. The molecule has 1 aromatic rings. The smallest absolute Gasteiger partial charge is 0.239 e. The highest BCUT2D eigenvalue weighted by Crippen LogP contribution is 2.23. The van der Waals surface area contributed by atoms with Crippen LogP contribution >= 0.6 is 0 Å². The average Bonchev–Trinajstić information content (AvgIpc) is 2.45. The summed E-state index contributed by atoms with van der Waals surface area (Å²) in [6, 6.07) is -0.228. The quantitative estimate of drug-likeness (QED) is 0.860. The maximum Gasteiger partial charge on any atom is 0.239 e. The summed E-state index contributed by atoms with van der Waals surface area (Å²) in [6.45, 7) is 9.04. The molecule has 0 aliphatic rings. The second-order valence-corrected chi connectivity index (χ2v) is 5.00. The highest BCUT2D eigenvalue weighted by Gasteiger charge is 2.17. The Morgan fingerprint density at radius 1 is 1.50 bits per heavy atom. The summed E-state index contributed by atoms with van der Waals surface area (Å²) in [5.74, 6) is 0.950. The molecule has 5 heteroatoms. The average molecular weight is 279 g/mol. The molecular weight excluding hydrogens is 254 g/mol. The van der Waals surface area contributed by atoms with Crippen LogP contribution in [0.1, 0.15) is 30.7 Å². The van der Waals surface area contributed by atoms with Crippen molar-refractivity contribution in [1.82, 2.24) is 15.2 Å². The summed E-state index contributed by atoms with van der Waals surface area (Å²) in [4.78, 5) is 18.1. The van der Waals surface area contributed by atoms with E-state index < -0.39 is 0 Å². The molecule has 0 aliphatic heterocycles. The summed E-state index contributed by atoms with van der Waals surface area (Å²) < 4.78 is 5.38. The minimum absolute atomic E-state index is 0.0872. The predicted molar refractivity (Wildman–Crippen MR) is 79.9 cm³/mol. The van der Waals surface area contributed by atoms with Crippen LogP contribution in [0.2, 0.25) is 0 Å². The Bertz CT molecular complexity index is 474. The van der Waals surface area contributed by atoms with Gasteiger partial charge in [-0.05, 0) is 27.7 Å². The van der Waals surface area contributed by atoms with E-state index in [2.05, 4.69) is 10.3 Å². The van der Waals surface area contributed by atoms with Crippen LogP contribution in [0.3, 0.4) is 0 Å². The summed E-state index contributed by atoms with van der Waals surface area (Å²) in [7, 11) is 3.47. The molecule has 0 spiro atoms. The molecule has 1 amide bonds. The molecule has 0 radical (unpaired) electrons. The first-order valence-electron chi connectivity index (χ1n) is 6.89. The van der Waals surface area contributed by atoms with E-state index >= 15 is 0 Å². The summed E-state index contributed by atoms with van der Waals surface area (Å²) in [5.41, 5.74) is 2.94. The SMILES string of the molecule is CCN(C)C(=O)C(C)NCc1ncc(C)c(OC)c1C. The van der Waals surface area contributed by atoms with Gasteiger partial charge in [0, 0.05) is 37.5 Å². The zero-order valence-electron chi connectivity index (χ0n) is 13.3. The second kappa shape index (κ2) is 7.24. The fourth-order valence-electron chi connectivity index (χ4n) is 2.07. The Hall–Kier alpha value is -1.62. The van der Waals surface area contributed by atoms with E-state index in [0.717, 1.165) is 22.6 Å². The molecular formula is C15H25N3O2. The van der Waals surface area contributed by atoms with Crippen LogP contribution in [-0.4, -0.2) is 42.5 Å². The maximum absolute atomic E-state index is 12.0. The molecule has 1 aromatic heterocycles. The number of hydrogen-bond donors (Lipinski definition) is 1. The van der Waals surface area contributed by atoms with Crippen molar-refractivity contribution < 1.29 is 9.53 Å². The van der Waals surface area contributed by atoms with Gasteiger partial charge in [0.2, 0.25) is 5.91 Å². The standard InChI is InChI=1S/C15H25N3O2/c1-7-18(5)15(19)12(4)16-9-13-11(3)14(20-6)10(2)8-17-13/h8,12,16H,7,9H2,1-6H3. The third-order valence-corrected chi connectivity index (χ3v) is 3.55. The number of nitrogens with zero attached hydrogens (tertiary/aromatic N) is 2. The molecule has 0 bridgehead atoms. The Morgan fingerprint density at radius 2 is 2.15 bits per heavy atom.